The molecule has 24 heavy (non-hydrogen) atoms. The molecule has 0 radical (unpaired) electrons. The number of benzene rings is 1. The summed E-state index contributed by atoms with van der Waals surface area (Å²) < 4.78 is 0.933. The van der Waals surface area contributed by atoms with Gasteiger partial charge in [-0.15, -0.1) is 12.4 Å². The molecule has 1 saturated heterocycles. The number of likely N-dealkylation sites (N-methyl/N-ethyl adjacent to an activating group) is 1. The molecule has 1 aromatic rings. The molecule has 5 nitrogen and oxygen atoms in total. The van der Waals surface area contributed by atoms with Crippen molar-refractivity contribution < 1.29 is 9.59 Å². The molecule has 0 aliphatic carbocycles. The fraction of sp³-hybridized carbons (Fsp3) is 0.529. The molecule has 134 valence electrons. The van der Waals surface area contributed by atoms with Crippen molar-refractivity contribution in [1.29, 1.82) is 0 Å². The van der Waals surface area contributed by atoms with Gasteiger partial charge in [0.15, 0.2) is 0 Å². The molecule has 1 aliphatic heterocycles. The molecule has 0 aromatic heterocycles. The summed E-state index contributed by atoms with van der Waals surface area (Å²) in [5.41, 5.74) is 0.619. The predicted molar refractivity (Wildman–Crippen MR) is 102 cm³/mol. The van der Waals surface area contributed by atoms with Crippen LogP contribution >= 0.6 is 28.3 Å². The zero-order valence-corrected chi connectivity index (χ0v) is 16.5. The molecular formula is C17H25BrClN3O2. The van der Waals surface area contributed by atoms with E-state index in [2.05, 4.69) is 26.6 Å². The Labute approximate surface area is 158 Å². The van der Waals surface area contributed by atoms with Gasteiger partial charge < -0.3 is 15.5 Å². The molecule has 1 aromatic carbocycles. The first-order valence-corrected chi connectivity index (χ1v) is 8.90. The number of nitrogens with zero attached hydrogens (tertiary/aromatic N) is 1. The van der Waals surface area contributed by atoms with Crippen molar-refractivity contribution in [3.63, 3.8) is 0 Å². The van der Waals surface area contributed by atoms with Crippen LogP contribution < -0.4 is 10.6 Å². The summed E-state index contributed by atoms with van der Waals surface area (Å²) in [4.78, 5) is 26.7. The van der Waals surface area contributed by atoms with Gasteiger partial charge in [-0.1, -0.05) is 22.9 Å². The number of nitrogens with one attached hydrogen (secondary N) is 2. The van der Waals surface area contributed by atoms with E-state index < -0.39 is 0 Å². The summed E-state index contributed by atoms with van der Waals surface area (Å²) >= 11 is 3.36. The van der Waals surface area contributed by atoms with Crippen LogP contribution in [0.1, 0.15) is 37.0 Å². The van der Waals surface area contributed by atoms with Gasteiger partial charge in [0.1, 0.15) is 6.04 Å². The Morgan fingerprint density at radius 3 is 2.62 bits per heavy atom. The van der Waals surface area contributed by atoms with E-state index in [9.17, 15) is 9.59 Å². The summed E-state index contributed by atoms with van der Waals surface area (Å²) in [6, 6.07) is 7.12. The Kier molecular flexibility index (Phi) is 8.73. The monoisotopic (exact) mass is 417 g/mol. The number of hydrogen-bond donors (Lipinski definition) is 2. The van der Waals surface area contributed by atoms with Gasteiger partial charge >= 0.3 is 0 Å². The Morgan fingerprint density at radius 2 is 2.00 bits per heavy atom. The summed E-state index contributed by atoms with van der Waals surface area (Å²) in [6.45, 7) is 6.14. The average molecular weight is 419 g/mol. The first kappa shape index (κ1) is 20.9. The number of carbonyl (C=O) groups excluding carboxylic acids is 2. The van der Waals surface area contributed by atoms with Crippen molar-refractivity contribution in [3.05, 3.63) is 34.3 Å². The molecule has 2 atom stereocenters. The number of carbonyl (C=O) groups is 2. The Hall–Kier alpha value is -1.11. The van der Waals surface area contributed by atoms with E-state index in [1.165, 1.54) is 0 Å². The van der Waals surface area contributed by atoms with E-state index in [0.29, 0.717) is 18.7 Å². The van der Waals surface area contributed by atoms with E-state index in [0.717, 1.165) is 23.9 Å². The van der Waals surface area contributed by atoms with E-state index in [1.54, 1.807) is 17.0 Å². The molecule has 1 heterocycles. The molecule has 2 amide bonds. The lowest BCUT2D eigenvalue weighted by molar-refractivity contribution is -0.124. The van der Waals surface area contributed by atoms with Gasteiger partial charge in [-0.3, -0.25) is 9.59 Å². The van der Waals surface area contributed by atoms with E-state index in [1.807, 2.05) is 26.0 Å². The van der Waals surface area contributed by atoms with Gasteiger partial charge in [0.05, 0.1) is 0 Å². The number of amides is 2. The zero-order valence-electron chi connectivity index (χ0n) is 14.0. The molecule has 0 saturated carbocycles. The third kappa shape index (κ3) is 5.46. The van der Waals surface area contributed by atoms with E-state index in [4.69, 9.17) is 0 Å². The number of halogens is 2. The van der Waals surface area contributed by atoms with Crippen molar-refractivity contribution in [2.45, 2.75) is 38.8 Å². The van der Waals surface area contributed by atoms with Crippen molar-refractivity contribution in [2.75, 3.05) is 19.6 Å². The van der Waals surface area contributed by atoms with E-state index in [-0.39, 0.29) is 36.3 Å². The maximum Gasteiger partial charge on any atom is 0.254 e. The van der Waals surface area contributed by atoms with Crippen molar-refractivity contribution in [1.82, 2.24) is 15.5 Å². The standard InChI is InChI=1S/C17H24BrN3O2.ClH/c1-3-19-12(2)11-20-16(22)15-5-4-10-21(15)17(23)13-6-8-14(18)9-7-13;/h6-9,12,15,19H,3-5,10-11H2,1-2H3,(H,20,22);1H/t12-,15?;/m1./s1. The molecule has 0 bridgehead atoms. The largest absolute Gasteiger partial charge is 0.353 e. The van der Waals surface area contributed by atoms with Crippen molar-refractivity contribution in [2.24, 2.45) is 0 Å². The second-order valence-corrected chi connectivity index (χ2v) is 6.78. The van der Waals surface area contributed by atoms with Crippen LogP contribution in [0.4, 0.5) is 0 Å². The smallest absolute Gasteiger partial charge is 0.254 e. The highest BCUT2D eigenvalue weighted by Gasteiger charge is 2.34. The lowest BCUT2D eigenvalue weighted by Crippen LogP contribution is -2.48. The van der Waals surface area contributed by atoms with Gasteiger partial charge in [0.2, 0.25) is 5.91 Å². The molecule has 1 unspecified atom stereocenters. The van der Waals surface area contributed by atoms with Crippen LogP contribution in [0.2, 0.25) is 0 Å². The summed E-state index contributed by atoms with van der Waals surface area (Å²) in [5.74, 6) is -0.132. The summed E-state index contributed by atoms with van der Waals surface area (Å²) in [5, 5.41) is 6.21. The third-order valence-corrected chi connectivity index (χ3v) is 4.57. The fourth-order valence-electron chi connectivity index (χ4n) is 2.83. The highest BCUT2D eigenvalue weighted by atomic mass is 79.9. The average Bonchev–Trinajstić information content (AvgIpc) is 3.02. The van der Waals surface area contributed by atoms with Gasteiger partial charge in [-0.25, -0.2) is 0 Å². The molecule has 7 heteroatoms. The van der Waals surface area contributed by atoms with Crippen LogP contribution in [0.15, 0.2) is 28.7 Å². The number of rotatable bonds is 6. The summed E-state index contributed by atoms with van der Waals surface area (Å²) in [7, 11) is 0. The number of hydrogen-bond acceptors (Lipinski definition) is 3. The molecule has 2 rings (SSSR count). The minimum Gasteiger partial charge on any atom is -0.353 e. The minimum absolute atomic E-state index is 0. The van der Waals surface area contributed by atoms with Crippen molar-refractivity contribution in [3.8, 4) is 0 Å². The first-order chi connectivity index (χ1) is 11.0. The second-order valence-electron chi connectivity index (χ2n) is 5.87. The lowest BCUT2D eigenvalue weighted by atomic mass is 10.1. The second kappa shape index (κ2) is 10.0. The van der Waals surface area contributed by atoms with E-state index >= 15 is 0 Å². The molecule has 0 spiro atoms. The molecular weight excluding hydrogens is 394 g/mol. The van der Waals surface area contributed by atoms with Crippen LogP contribution in [0.25, 0.3) is 0 Å². The summed E-state index contributed by atoms with van der Waals surface area (Å²) in [6.07, 6.45) is 1.59. The topological polar surface area (TPSA) is 61.4 Å². The highest BCUT2D eigenvalue weighted by molar-refractivity contribution is 9.10. The fourth-order valence-corrected chi connectivity index (χ4v) is 3.10. The van der Waals surface area contributed by atoms with Crippen LogP contribution in [-0.4, -0.2) is 48.4 Å². The normalized spacial score (nSPS) is 18.0. The van der Waals surface area contributed by atoms with Gasteiger partial charge in [0, 0.05) is 29.2 Å². The lowest BCUT2D eigenvalue weighted by Gasteiger charge is -2.25. The SMILES string of the molecule is CCN[C@H](C)CNC(=O)C1CCCN1C(=O)c1ccc(Br)cc1.Cl. The first-order valence-electron chi connectivity index (χ1n) is 8.10. The van der Waals surface area contributed by atoms with Crippen LogP contribution in [0.3, 0.4) is 0 Å². The maximum absolute atomic E-state index is 12.6. The Morgan fingerprint density at radius 1 is 1.33 bits per heavy atom. The minimum atomic E-state index is -0.361. The maximum atomic E-state index is 12.6. The third-order valence-electron chi connectivity index (χ3n) is 4.04. The predicted octanol–water partition coefficient (Wildman–Crippen LogP) is 2.59. The quantitative estimate of drug-likeness (QED) is 0.746. The molecule has 1 fully saturated rings. The van der Waals surface area contributed by atoms with Gasteiger partial charge in [0.25, 0.3) is 5.91 Å². The van der Waals surface area contributed by atoms with Crippen LogP contribution in [-0.2, 0) is 4.79 Å². The Balaban J connectivity index is 0.00000288. The molecule has 2 N–H and O–H groups in total. The molecule has 1 aliphatic rings. The highest BCUT2D eigenvalue weighted by Crippen LogP contribution is 2.21. The Bertz CT molecular complexity index is 553. The zero-order chi connectivity index (χ0) is 16.8. The number of likely N-dealkylation sites (tertiary alicyclic amines) is 1. The van der Waals surface area contributed by atoms with Crippen molar-refractivity contribution >= 4 is 40.2 Å². The van der Waals surface area contributed by atoms with Crippen LogP contribution in [0, 0.1) is 0 Å². The van der Waals surface area contributed by atoms with Gasteiger partial charge in [-0.2, -0.15) is 0 Å². The van der Waals surface area contributed by atoms with Gasteiger partial charge in [-0.05, 0) is 50.6 Å². The van der Waals surface area contributed by atoms with Crippen LogP contribution in [0.5, 0.6) is 0 Å².